The van der Waals surface area contributed by atoms with Crippen LogP contribution in [0.1, 0.15) is 11.6 Å². The highest BCUT2D eigenvalue weighted by Crippen LogP contribution is 2.33. The standard InChI is InChI=1S/C21H19N3O4S/c1-3-4-8-15-23(29(27,28)20-9-6-5-7-10-20)21(17(2)16-22)18-11-13-19(14-12-18)24(25)26/h3-14,21H,1-2,15H2/b8-4+. The van der Waals surface area contributed by atoms with Crippen molar-refractivity contribution in [1.29, 1.82) is 5.26 Å². The van der Waals surface area contributed by atoms with E-state index in [0.29, 0.717) is 5.56 Å². The molecule has 148 valence electrons. The van der Waals surface area contributed by atoms with Crippen molar-refractivity contribution in [3.8, 4) is 6.07 Å². The molecule has 0 fully saturated rings. The monoisotopic (exact) mass is 409 g/mol. The summed E-state index contributed by atoms with van der Waals surface area (Å²) < 4.78 is 27.8. The SMILES string of the molecule is C=C/C=C/CN(C(C(=C)C#N)c1ccc([N+](=O)[O-])cc1)S(=O)(=O)c1ccccc1. The fraction of sp³-hybridized carbons (Fsp3) is 0.0952. The number of non-ortho nitro benzene ring substituents is 1. The lowest BCUT2D eigenvalue weighted by atomic mass is 10.0. The van der Waals surface area contributed by atoms with E-state index in [1.807, 2.05) is 6.07 Å². The topological polar surface area (TPSA) is 104 Å². The molecule has 2 rings (SSSR count). The van der Waals surface area contributed by atoms with Crippen LogP contribution in [0.2, 0.25) is 0 Å². The average molecular weight is 409 g/mol. The number of sulfonamides is 1. The molecular formula is C21H19N3O4S. The smallest absolute Gasteiger partial charge is 0.258 e. The summed E-state index contributed by atoms with van der Waals surface area (Å²) >= 11 is 0. The minimum Gasteiger partial charge on any atom is -0.258 e. The lowest BCUT2D eigenvalue weighted by Crippen LogP contribution is -2.36. The molecule has 2 aromatic carbocycles. The van der Waals surface area contributed by atoms with Gasteiger partial charge in [-0.15, -0.1) is 0 Å². The Morgan fingerprint density at radius 3 is 2.34 bits per heavy atom. The summed E-state index contributed by atoms with van der Waals surface area (Å²) in [5, 5.41) is 20.4. The molecule has 0 bridgehead atoms. The second kappa shape index (κ2) is 9.59. The molecule has 0 heterocycles. The third-order valence-electron chi connectivity index (χ3n) is 4.09. The van der Waals surface area contributed by atoms with Crippen molar-refractivity contribution in [1.82, 2.24) is 4.31 Å². The number of allylic oxidation sites excluding steroid dienone is 2. The van der Waals surface area contributed by atoms with Crippen LogP contribution in [0.3, 0.4) is 0 Å². The zero-order valence-corrected chi connectivity index (χ0v) is 16.3. The van der Waals surface area contributed by atoms with Gasteiger partial charge in [0, 0.05) is 24.3 Å². The number of benzene rings is 2. The van der Waals surface area contributed by atoms with Crippen molar-refractivity contribution in [3.63, 3.8) is 0 Å². The van der Waals surface area contributed by atoms with E-state index in [-0.39, 0.29) is 22.7 Å². The van der Waals surface area contributed by atoms with E-state index in [4.69, 9.17) is 0 Å². The summed E-state index contributed by atoms with van der Waals surface area (Å²) in [5.41, 5.74) is 0.248. The molecular weight excluding hydrogens is 390 g/mol. The van der Waals surface area contributed by atoms with Gasteiger partial charge in [-0.3, -0.25) is 10.1 Å². The molecule has 0 aliphatic rings. The first-order valence-electron chi connectivity index (χ1n) is 8.50. The van der Waals surface area contributed by atoms with Gasteiger partial charge in [0.1, 0.15) is 0 Å². The molecule has 0 N–H and O–H groups in total. The number of nitrogens with zero attached hydrogens (tertiary/aromatic N) is 3. The Bertz CT molecular complexity index is 1070. The number of hydrogen-bond acceptors (Lipinski definition) is 5. The minimum absolute atomic E-state index is 0.00892. The predicted octanol–water partition coefficient (Wildman–Crippen LogP) is 4.15. The molecule has 1 atom stereocenters. The Morgan fingerprint density at radius 1 is 1.21 bits per heavy atom. The fourth-order valence-corrected chi connectivity index (χ4v) is 4.29. The van der Waals surface area contributed by atoms with Crippen LogP contribution < -0.4 is 0 Å². The fourth-order valence-electron chi connectivity index (χ4n) is 2.71. The quantitative estimate of drug-likeness (QED) is 0.268. The summed E-state index contributed by atoms with van der Waals surface area (Å²) in [7, 11) is -4.01. The second-order valence-electron chi connectivity index (χ2n) is 5.94. The normalized spacial score (nSPS) is 12.4. The maximum Gasteiger partial charge on any atom is 0.269 e. The van der Waals surface area contributed by atoms with Gasteiger partial charge in [-0.1, -0.05) is 61.7 Å². The lowest BCUT2D eigenvalue weighted by molar-refractivity contribution is -0.384. The van der Waals surface area contributed by atoms with Crippen LogP contribution in [0.5, 0.6) is 0 Å². The summed E-state index contributed by atoms with van der Waals surface area (Å²) in [5.74, 6) is 0. The van der Waals surface area contributed by atoms with Crippen molar-refractivity contribution >= 4 is 15.7 Å². The van der Waals surface area contributed by atoms with E-state index in [0.717, 1.165) is 4.31 Å². The molecule has 0 radical (unpaired) electrons. The molecule has 0 spiro atoms. The van der Waals surface area contributed by atoms with E-state index in [1.54, 1.807) is 30.4 Å². The first kappa shape index (κ1) is 21.8. The summed E-state index contributed by atoms with van der Waals surface area (Å²) in [6.07, 6.45) is 4.69. The van der Waals surface area contributed by atoms with Gasteiger partial charge in [0.15, 0.2) is 0 Å². The molecule has 2 aromatic rings. The van der Waals surface area contributed by atoms with Crippen LogP contribution in [-0.4, -0.2) is 24.2 Å². The maximum atomic E-state index is 13.3. The number of nitriles is 1. The van der Waals surface area contributed by atoms with Gasteiger partial charge in [0.2, 0.25) is 10.0 Å². The van der Waals surface area contributed by atoms with Crippen LogP contribution in [0.15, 0.2) is 96.5 Å². The van der Waals surface area contributed by atoms with Gasteiger partial charge >= 0.3 is 0 Å². The van der Waals surface area contributed by atoms with E-state index < -0.39 is 21.0 Å². The Balaban J connectivity index is 2.63. The summed E-state index contributed by atoms with van der Waals surface area (Å²) in [6.45, 7) is 7.24. The second-order valence-corrected chi connectivity index (χ2v) is 7.83. The lowest BCUT2D eigenvalue weighted by Gasteiger charge is -2.30. The molecule has 29 heavy (non-hydrogen) atoms. The van der Waals surface area contributed by atoms with Gasteiger partial charge in [-0.25, -0.2) is 8.42 Å². The number of rotatable bonds is 9. The average Bonchev–Trinajstić information content (AvgIpc) is 2.73. The van der Waals surface area contributed by atoms with E-state index in [2.05, 4.69) is 13.2 Å². The van der Waals surface area contributed by atoms with Crippen molar-refractivity contribution in [3.05, 3.63) is 107 Å². The first-order chi connectivity index (χ1) is 13.8. The van der Waals surface area contributed by atoms with Gasteiger partial charge in [-0.2, -0.15) is 9.57 Å². The van der Waals surface area contributed by atoms with Crippen LogP contribution in [0.25, 0.3) is 0 Å². The van der Waals surface area contributed by atoms with Gasteiger partial charge in [-0.05, 0) is 17.7 Å². The highest BCUT2D eigenvalue weighted by Gasteiger charge is 2.33. The molecule has 8 heteroatoms. The van der Waals surface area contributed by atoms with Crippen molar-refractivity contribution in [2.24, 2.45) is 0 Å². The van der Waals surface area contributed by atoms with Gasteiger partial charge < -0.3 is 0 Å². The first-order valence-corrected chi connectivity index (χ1v) is 9.94. The largest absolute Gasteiger partial charge is 0.269 e. The van der Waals surface area contributed by atoms with Crippen molar-refractivity contribution < 1.29 is 13.3 Å². The molecule has 0 aliphatic heterocycles. The number of nitro groups is 1. The van der Waals surface area contributed by atoms with Crippen LogP contribution in [0.4, 0.5) is 5.69 Å². The maximum absolute atomic E-state index is 13.3. The van der Waals surface area contributed by atoms with E-state index in [1.165, 1.54) is 42.5 Å². The zero-order valence-electron chi connectivity index (χ0n) is 15.5. The number of hydrogen-bond donors (Lipinski definition) is 0. The van der Waals surface area contributed by atoms with E-state index >= 15 is 0 Å². The van der Waals surface area contributed by atoms with Gasteiger partial charge in [0.05, 0.1) is 21.9 Å². The van der Waals surface area contributed by atoms with Gasteiger partial charge in [0.25, 0.3) is 5.69 Å². The Hall–Kier alpha value is -3.54. The molecule has 7 nitrogen and oxygen atoms in total. The number of nitro benzene ring substituents is 1. The summed E-state index contributed by atoms with van der Waals surface area (Å²) in [4.78, 5) is 10.4. The molecule has 0 saturated carbocycles. The third-order valence-corrected chi connectivity index (χ3v) is 5.93. The highest BCUT2D eigenvalue weighted by molar-refractivity contribution is 7.89. The third kappa shape index (κ3) is 5.04. The Labute approximate surface area is 169 Å². The highest BCUT2D eigenvalue weighted by atomic mass is 32.2. The predicted molar refractivity (Wildman–Crippen MR) is 110 cm³/mol. The van der Waals surface area contributed by atoms with Crippen LogP contribution in [-0.2, 0) is 10.0 Å². The Morgan fingerprint density at radius 2 is 1.83 bits per heavy atom. The summed E-state index contributed by atoms with van der Waals surface area (Å²) in [6, 6.07) is 14.1. The minimum atomic E-state index is -4.01. The molecule has 0 aliphatic carbocycles. The van der Waals surface area contributed by atoms with Crippen molar-refractivity contribution in [2.45, 2.75) is 10.9 Å². The zero-order chi connectivity index (χ0) is 21.4. The van der Waals surface area contributed by atoms with Crippen molar-refractivity contribution in [2.75, 3.05) is 6.54 Å². The molecule has 0 aromatic heterocycles. The van der Waals surface area contributed by atoms with Crippen LogP contribution in [0, 0.1) is 21.4 Å². The Kier molecular flexibility index (Phi) is 7.20. The molecule has 1 unspecified atom stereocenters. The van der Waals surface area contributed by atoms with Crippen LogP contribution >= 0.6 is 0 Å². The van der Waals surface area contributed by atoms with E-state index in [9.17, 15) is 23.8 Å². The molecule has 0 saturated heterocycles. The molecule has 0 amide bonds.